The van der Waals surface area contributed by atoms with Crippen LogP contribution in [0.5, 0.6) is 0 Å². The summed E-state index contributed by atoms with van der Waals surface area (Å²) in [6.07, 6.45) is 3.78. The average Bonchev–Trinajstić information content (AvgIpc) is 2.72. The maximum absolute atomic E-state index is 3.38. The Balaban J connectivity index is 1.31. The zero-order valence-electron chi connectivity index (χ0n) is 16.2. The van der Waals surface area contributed by atoms with Crippen LogP contribution < -0.4 is 10.2 Å². The Bertz CT molecular complexity index is 616. The molecule has 1 saturated heterocycles. The predicted molar refractivity (Wildman–Crippen MR) is 112 cm³/mol. The monoisotopic (exact) mass is 351 g/mol. The molecule has 0 saturated carbocycles. The van der Waals surface area contributed by atoms with Crippen molar-refractivity contribution in [1.29, 1.82) is 0 Å². The molecule has 2 aromatic rings. The molecule has 0 aromatic heterocycles. The number of para-hydroxylation sites is 1. The van der Waals surface area contributed by atoms with Crippen molar-refractivity contribution in [2.24, 2.45) is 0 Å². The maximum atomic E-state index is 3.38. The molecule has 1 aliphatic heterocycles. The van der Waals surface area contributed by atoms with Gasteiger partial charge in [-0.25, -0.2) is 0 Å². The van der Waals surface area contributed by atoms with Gasteiger partial charge in [-0.1, -0.05) is 49.4 Å². The van der Waals surface area contributed by atoms with Crippen LogP contribution in [0.1, 0.15) is 30.9 Å². The van der Waals surface area contributed by atoms with Crippen molar-refractivity contribution in [1.82, 2.24) is 10.2 Å². The lowest BCUT2D eigenvalue weighted by Crippen LogP contribution is -2.46. The van der Waals surface area contributed by atoms with Crippen molar-refractivity contribution in [2.45, 2.75) is 32.7 Å². The highest BCUT2D eigenvalue weighted by molar-refractivity contribution is 5.46. The standard InChI is InChI=1S/C23H33N3/c1-2-24-20-22-13-11-21(12-14-22)8-6-7-15-25-16-18-26(19-17-25)23-9-4-3-5-10-23/h3-5,9-14,24H,2,6-8,15-20H2,1H3. The molecule has 3 heteroatoms. The van der Waals surface area contributed by atoms with E-state index in [4.69, 9.17) is 0 Å². The number of piperazine rings is 1. The predicted octanol–water partition coefficient (Wildman–Crippen LogP) is 3.94. The number of nitrogens with zero attached hydrogens (tertiary/aromatic N) is 2. The maximum Gasteiger partial charge on any atom is 0.0367 e. The average molecular weight is 352 g/mol. The minimum Gasteiger partial charge on any atom is -0.369 e. The number of nitrogens with one attached hydrogen (secondary N) is 1. The second kappa shape index (κ2) is 10.3. The minimum atomic E-state index is 0.978. The Hall–Kier alpha value is -1.84. The molecular formula is C23H33N3. The van der Waals surface area contributed by atoms with Crippen molar-refractivity contribution in [3.63, 3.8) is 0 Å². The summed E-state index contributed by atoms with van der Waals surface area (Å²) in [6, 6.07) is 19.9. The van der Waals surface area contributed by atoms with Gasteiger partial charge < -0.3 is 10.2 Å². The van der Waals surface area contributed by atoms with Crippen LogP contribution in [0.25, 0.3) is 0 Å². The van der Waals surface area contributed by atoms with Gasteiger partial charge >= 0.3 is 0 Å². The lowest BCUT2D eigenvalue weighted by Gasteiger charge is -2.36. The topological polar surface area (TPSA) is 18.5 Å². The Morgan fingerprint density at radius 2 is 1.50 bits per heavy atom. The molecule has 1 N–H and O–H groups in total. The van der Waals surface area contributed by atoms with Gasteiger partial charge in [-0.2, -0.15) is 0 Å². The van der Waals surface area contributed by atoms with Crippen molar-refractivity contribution >= 4 is 5.69 Å². The van der Waals surface area contributed by atoms with Crippen molar-refractivity contribution < 1.29 is 0 Å². The largest absolute Gasteiger partial charge is 0.369 e. The number of hydrogen-bond acceptors (Lipinski definition) is 3. The van der Waals surface area contributed by atoms with Gasteiger partial charge in [0, 0.05) is 38.4 Å². The first kappa shape index (κ1) is 18.9. The summed E-state index contributed by atoms with van der Waals surface area (Å²) in [6.45, 7) is 10.1. The molecule has 1 heterocycles. The van der Waals surface area contributed by atoms with Crippen LogP contribution in [0.3, 0.4) is 0 Å². The molecule has 26 heavy (non-hydrogen) atoms. The Labute approximate surface area is 159 Å². The number of hydrogen-bond donors (Lipinski definition) is 1. The number of anilines is 1. The van der Waals surface area contributed by atoms with Crippen molar-refractivity contribution in [3.8, 4) is 0 Å². The number of rotatable bonds is 9. The summed E-state index contributed by atoms with van der Waals surface area (Å²) >= 11 is 0. The van der Waals surface area contributed by atoms with E-state index >= 15 is 0 Å². The molecule has 3 rings (SSSR count). The first-order valence-corrected chi connectivity index (χ1v) is 10.2. The zero-order chi connectivity index (χ0) is 18.0. The van der Waals surface area contributed by atoms with Gasteiger partial charge in [0.25, 0.3) is 0 Å². The van der Waals surface area contributed by atoms with Crippen molar-refractivity contribution in [3.05, 3.63) is 65.7 Å². The highest BCUT2D eigenvalue weighted by Crippen LogP contribution is 2.16. The molecule has 1 fully saturated rings. The lowest BCUT2D eigenvalue weighted by molar-refractivity contribution is 0.253. The Morgan fingerprint density at radius 1 is 0.808 bits per heavy atom. The fourth-order valence-corrected chi connectivity index (χ4v) is 3.63. The molecular weight excluding hydrogens is 318 g/mol. The minimum absolute atomic E-state index is 0.978. The lowest BCUT2D eigenvalue weighted by atomic mass is 10.1. The van der Waals surface area contributed by atoms with E-state index in [2.05, 4.69) is 76.6 Å². The fourth-order valence-electron chi connectivity index (χ4n) is 3.63. The zero-order valence-corrected chi connectivity index (χ0v) is 16.2. The van der Waals surface area contributed by atoms with E-state index in [1.807, 2.05) is 0 Å². The van der Waals surface area contributed by atoms with E-state index in [-0.39, 0.29) is 0 Å². The summed E-state index contributed by atoms with van der Waals surface area (Å²) < 4.78 is 0. The molecule has 140 valence electrons. The quantitative estimate of drug-likeness (QED) is 0.690. The normalized spacial score (nSPS) is 15.3. The third-order valence-corrected chi connectivity index (χ3v) is 5.29. The first-order valence-electron chi connectivity index (χ1n) is 10.2. The summed E-state index contributed by atoms with van der Waals surface area (Å²) in [4.78, 5) is 5.13. The molecule has 0 radical (unpaired) electrons. The molecule has 0 atom stereocenters. The van der Waals surface area contributed by atoms with E-state index in [1.165, 1.54) is 55.7 Å². The van der Waals surface area contributed by atoms with E-state index in [9.17, 15) is 0 Å². The summed E-state index contributed by atoms with van der Waals surface area (Å²) in [5.74, 6) is 0. The van der Waals surface area contributed by atoms with Gasteiger partial charge in [0.2, 0.25) is 0 Å². The summed E-state index contributed by atoms with van der Waals surface area (Å²) in [5.41, 5.74) is 4.22. The highest BCUT2D eigenvalue weighted by atomic mass is 15.3. The molecule has 3 nitrogen and oxygen atoms in total. The van der Waals surface area contributed by atoms with Crippen LogP contribution in [0.15, 0.2) is 54.6 Å². The second-order valence-electron chi connectivity index (χ2n) is 7.22. The van der Waals surface area contributed by atoms with Gasteiger partial charge in [-0.3, -0.25) is 4.90 Å². The van der Waals surface area contributed by atoms with Crippen LogP contribution in [0.2, 0.25) is 0 Å². The smallest absolute Gasteiger partial charge is 0.0367 e. The van der Waals surface area contributed by atoms with Gasteiger partial charge in [0.1, 0.15) is 0 Å². The molecule has 0 bridgehead atoms. The third kappa shape index (κ3) is 5.86. The van der Waals surface area contributed by atoms with E-state index in [0.29, 0.717) is 0 Å². The van der Waals surface area contributed by atoms with E-state index in [0.717, 1.165) is 26.2 Å². The molecule has 0 spiro atoms. The van der Waals surface area contributed by atoms with E-state index < -0.39 is 0 Å². The first-order chi connectivity index (χ1) is 12.8. The molecule has 1 aliphatic rings. The van der Waals surface area contributed by atoms with Crippen LogP contribution in [0, 0.1) is 0 Å². The summed E-state index contributed by atoms with van der Waals surface area (Å²) in [7, 11) is 0. The summed E-state index contributed by atoms with van der Waals surface area (Å²) in [5, 5.41) is 3.38. The Morgan fingerprint density at radius 3 is 2.19 bits per heavy atom. The highest BCUT2D eigenvalue weighted by Gasteiger charge is 2.16. The third-order valence-electron chi connectivity index (χ3n) is 5.29. The van der Waals surface area contributed by atoms with Gasteiger partial charge in [-0.15, -0.1) is 0 Å². The van der Waals surface area contributed by atoms with Gasteiger partial charge in [0.15, 0.2) is 0 Å². The van der Waals surface area contributed by atoms with Gasteiger partial charge in [0.05, 0.1) is 0 Å². The molecule has 0 unspecified atom stereocenters. The van der Waals surface area contributed by atoms with Crippen LogP contribution in [0.4, 0.5) is 5.69 Å². The van der Waals surface area contributed by atoms with Gasteiger partial charge in [-0.05, 0) is 55.6 Å². The van der Waals surface area contributed by atoms with Crippen LogP contribution >= 0.6 is 0 Å². The number of benzene rings is 2. The molecule has 0 amide bonds. The fraction of sp³-hybridized carbons (Fsp3) is 0.478. The second-order valence-corrected chi connectivity index (χ2v) is 7.22. The SMILES string of the molecule is CCNCc1ccc(CCCCN2CCN(c3ccccc3)CC2)cc1. The number of unbranched alkanes of at least 4 members (excludes halogenated alkanes) is 1. The van der Waals surface area contributed by atoms with E-state index in [1.54, 1.807) is 0 Å². The van der Waals surface area contributed by atoms with Crippen LogP contribution in [-0.2, 0) is 13.0 Å². The number of aryl methyl sites for hydroxylation is 1. The Kier molecular flexibility index (Phi) is 7.53. The molecule has 0 aliphatic carbocycles. The van der Waals surface area contributed by atoms with Crippen LogP contribution in [-0.4, -0.2) is 44.2 Å². The molecule has 2 aromatic carbocycles. The van der Waals surface area contributed by atoms with Crippen molar-refractivity contribution in [2.75, 3.05) is 44.2 Å².